The van der Waals surface area contributed by atoms with Gasteiger partial charge in [0, 0.05) is 23.8 Å². The van der Waals surface area contributed by atoms with Gasteiger partial charge in [-0.3, -0.25) is 4.79 Å². The first-order valence-electron chi connectivity index (χ1n) is 10.0. The molecule has 0 saturated heterocycles. The van der Waals surface area contributed by atoms with Crippen molar-refractivity contribution in [3.8, 4) is 0 Å². The summed E-state index contributed by atoms with van der Waals surface area (Å²) in [4.78, 5) is 23.4. The molecule has 28 heavy (non-hydrogen) atoms. The molecule has 3 N–H and O–H groups in total. The van der Waals surface area contributed by atoms with E-state index in [4.69, 9.17) is 0 Å². The molecule has 0 unspecified atom stereocenters. The molecule has 1 aliphatic rings. The van der Waals surface area contributed by atoms with Crippen LogP contribution in [0, 0.1) is 0 Å². The predicted octanol–water partition coefficient (Wildman–Crippen LogP) is 4.07. The Kier molecular flexibility index (Phi) is 6.82. The van der Waals surface area contributed by atoms with Gasteiger partial charge in [0.25, 0.3) is 0 Å². The highest BCUT2D eigenvalue weighted by atomic mass is 16.2. The Morgan fingerprint density at radius 2 is 1.86 bits per heavy atom. The molecule has 2 amide bonds. The van der Waals surface area contributed by atoms with Crippen LogP contribution in [0.1, 0.15) is 53.7 Å². The van der Waals surface area contributed by atoms with Crippen molar-refractivity contribution in [1.29, 1.82) is 0 Å². The molecule has 3 rings (SSSR count). The third-order valence-electron chi connectivity index (χ3n) is 5.18. The first-order chi connectivity index (χ1) is 13.5. The van der Waals surface area contributed by atoms with Crippen LogP contribution in [0.15, 0.2) is 42.5 Å². The zero-order valence-corrected chi connectivity index (χ0v) is 16.7. The standard InChI is InChI=1S/C23H29N3O2/c1-3-12-24-22-11-8-19-13-17(4-5-20(19)14-22)15-25-23(28)26-21-9-6-18(7-10-21)16(2)27/h4-7,9-10,13,22,24H,3,8,11-12,14-15H2,1-2H3,(H2,25,26,28)/t22-/m1/s1. The fraction of sp³-hybridized carbons (Fsp3) is 0.391. The van der Waals surface area contributed by atoms with Gasteiger partial charge in [0.15, 0.2) is 5.78 Å². The summed E-state index contributed by atoms with van der Waals surface area (Å²) >= 11 is 0. The smallest absolute Gasteiger partial charge is 0.319 e. The van der Waals surface area contributed by atoms with Crippen molar-refractivity contribution in [3.05, 3.63) is 64.7 Å². The molecule has 0 radical (unpaired) electrons. The Morgan fingerprint density at radius 1 is 1.07 bits per heavy atom. The molecular formula is C23H29N3O2. The zero-order valence-electron chi connectivity index (χ0n) is 16.7. The zero-order chi connectivity index (χ0) is 19.9. The normalized spacial score (nSPS) is 15.6. The molecule has 0 heterocycles. The van der Waals surface area contributed by atoms with Gasteiger partial charge in [-0.1, -0.05) is 25.1 Å². The van der Waals surface area contributed by atoms with Crippen LogP contribution in [0.25, 0.3) is 0 Å². The highest BCUT2D eigenvalue weighted by Crippen LogP contribution is 2.23. The summed E-state index contributed by atoms with van der Waals surface area (Å²) in [6.07, 6.45) is 4.50. The van der Waals surface area contributed by atoms with E-state index < -0.39 is 0 Å². The van der Waals surface area contributed by atoms with Crippen LogP contribution in [0.4, 0.5) is 10.5 Å². The van der Waals surface area contributed by atoms with E-state index in [0.717, 1.165) is 31.4 Å². The second-order valence-electron chi connectivity index (χ2n) is 7.44. The molecule has 148 valence electrons. The molecule has 5 heteroatoms. The van der Waals surface area contributed by atoms with E-state index in [-0.39, 0.29) is 11.8 Å². The van der Waals surface area contributed by atoms with E-state index in [2.05, 4.69) is 41.1 Å². The highest BCUT2D eigenvalue weighted by Gasteiger charge is 2.18. The summed E-state index contributed by atoms with van der Waals surface area (Å²) < 4.78 is 0. The van der Waals surface area contributed by atoms with Crippen LogP contribution >= 0.6 is 0 Å². The summed E-state index contributed by atoms with van der Waals surface area (Å²) in [5, 5.41) is 9.31. The quantitative estimate of drug-likeness (QED) is 0.635. The molecular weight excluding hydrogens is 350 g/mol. The van der Waals surface area contributed by atoms with Gasteiger partial charge in [0.2, 0.25) is 0 Å². The number of hydrogen-bond donors (Lipinski definition) is 3. The summed E-state index contributed by atoms with van der Waals surface area (Å²) in [6, 6.07) is 13.7. The number of hydrogen-bond acceptors (Lipinski definition) is 3. The molecule has 1 aliphatic carbocycles. The second-order valence-corrected chi connectivity index (χ2v) is 7.44. The predicted molar refractivity (Wildman–Crippen MR) is 113 cm³/mol. The number of ketones is 1. The van der Waals surface area contributed by atoms with Gasteiger partial charge >= 0.3 is 6.03 Å². The third-order valence-corrected chi connectivity index (χ3v) is 5.18. The molecule has 1 atom stereocenters. The van der Waals surface area contributed by atoms with Gasteiger partial charge in [0.05, 0.1) is 0 Å². The van der Waals surface area contributed by atoms with E-state index in [1.165, 1.54) is 24.5 Å². The van der Waals surface area contributed by atoms with Crippen molar-refractivity contribution in [2.24, 2.45) is 0 Å². The number of amides is 2. The lowest BCUT2D eigenvalue weighted by Crippen LogP contribution is -2.35. The van der Waals surface area contributed by atoms with E-state index in [0.29, 0.717) is 23.8 Å². The molecule has 5 nitrogen and oxygen atoms in total. The van der Waals surface area contributed by atoms with Crippen LogP contribution in [0.2, 0.25) is 0 Å². The fourth-order valence-electron chi connectivity index (χ4n) is 3.59. The van der Waals surface area contributed by atoms with Gasteiger partial charge < -0.3 is 16.0 Å². The SMILES string of the molecule is CCCN[C@@H]1CCc2cc(CNC(=O)Nc3ccc(C(C)=O)cc3)ccc2C1. The summed E-state index contributed by atoms with van der Waals surface area (Å²) in [5.74, 6) is 0.0101. The van der Waals surface area contributed by atoms with Gasteiger partial charge in [0.1, 0.15) is 0 Å². The van der Waals surface area contributed by atoms with Crippen molar-refractivity contribution in [2.75, 3.05) is 11.9 Å². The van der Waals surface area contributed by atoms with Crippen molar-refractivity contribution in [1.82, 2.24) is 10.6 Å². The molecule has 2 aromatic carbocycles. The van der Waals surface area contributed by atoms with Crippen LogP contribution < -0.4 is 16.0 Å². The molecule has 0 fully saturated rings. The lowest BCUT2D eigenvalue weighted by Gasteiger charge is -2.26. The fourth-order valence-corrected chi connectivity index (χ4v) is 3.59. The summed E-state index contributed by atoms with van der Waals surface area (Å²) in [5.41, 5.74) is 5.22. The number of carbonyl (C=O) groups is 2. The molecule has 2 aromatic rings. The summed E-state index contributed by atoms with van der Waals surface area (Å²) in [6.45, 7) is 5.28. The number of anilines is 1. The van der Waals surface area contributed by atoms with Crippen LogP contribution in [-0.2, 0) is 19.4 Å². The average Bonchev–Trinajstić information content (AvgIpc) is 2.71. The lowest BCUT2D eigenvalue weighted by molar-refractivity contribution is 0.101. The molecule has 0 bridgehead atoms. The highest BCUT2D eigenvalue weighted by molar-refractivity contribution is 5.95. The third kappa shape index (κ3) is 5.42. The topological polar surface area (TPSA) is 70.2 Å². The maximum absolute atomic E-state index is 12.1. The number of aryl methyl sites for hydroxylation is 1. The second kappa shape index (κ2) is 9.51. The van der Waals surface area contributed by atoms with E-state index in [9.17, 15) is 9.59 Å². The molecule has 0 aromatic heterocycles. The van der Waals surface area contributed by atoms with Crippen molar-refractivity contribution in [3.63, 3.8) is 0 Å². The Labute approximate surface area is 166 Å². The Hall–Kier alpha value is -2.66. The Bertz CT molecular complexity index is 830. The molecule has 0 aliphatic heterocycles. The first kappa shape index (κ1) is 20.1. The monoisotopic (exact) mass is 379 g/mol. The van der Waals surface area contributed by atoms with Crippen LogP contribution in [0.3, 0.4) is 0 Å². The molecule has 0 saturated carbocycles. The minimum absolute atomic E-state index is 0.0101. The van der Waals surface area contributed by atoms with E-state index in [1.54, 1.807) is 24.3 Å². The number of rotatable bonds is 7. The number of carbonyl (C=O) groups excluding carboxylic acids is 2. The Balaban J connectivity index is 1.51. The molecule has 0 spiro atoms. The minimum atomic E-state index is -0.253. The Morgan fingerprint density at radius 3 is 2.57 bits per heavy atom. The number of benzene rings is 2. The summed E-state index contributed by atoms with van der Waals surface area (Å²) in [7, 11) is 0. The van der Waals surface area contributed by atoms with Crippen LogP contribution in [0.5, 0.6) is 0 Å². The van der Waals surface area contributed by atoms with Gasteiger partial charge in [-0.15, -0.1) is 0 Å². The van der Waals surface area contributed by atoms with Gasteiger partial charge in [-0.2, -0.15) is 0 Å². The van der Waals surface area contributed by atoms with E-state index in [1.807, 2.05) is 0 Å². The van der Waals surface area contributed by atoms with E-state index >= 15 is 0 Å². The largest absolute Gasteiger partial charge is 0.334 e. The van der Waals surface area contributed by atoms with Gasteiger partial charge in [-0.25, -0.2) is 4.79 Å². The number of Topliss-reactive ketones (excluding diaryl/α,β-unsaturated/α-hetero) is 1. The number of urea groups is 1. The first-order valence-corrected chi connectivity index (χ1v) is 10.0. The number of fused-ring (bicyclic) bond motifs is 1. The van der Waals surface area contributed by atoms with Gasteiger partial charge in [-0.05, 0) is 80.1 Å². The van der Waals surface area contributed by atoms with Crippen molar-refractivity contribution < 1.29 is 9.59 Å². The minimum Gasteiger partial charge on any atom is -0.334 e. The van der Waals surface area contributed by atoms with Crippen LogP contribution in [-0.4, -0.2) is 24.4 Å². The number of nitrogens with one attached hydrogen (secondary N) is 3. The average molecular weight is 380 g/mol. The lowest BCUT2D eigenvalue weighted by atomic mass is 9.87. The maximum atomic E-state index is 12.1. The maximum Gasteiger partial charge on any atom is 0.319 e. The van der Waals surface area contributed by atoms with Crippen molar-refractivity contribution >= 4 is 17.5 Å². The van der Waals surface area contributed by atoms with Crippen molar-refractivity contribution in [2.45, 2.75) is 52.1 Å².